The lowest BCUT2D eigenvalue weighted by molar-refractivity contribution is 0.873. The molecule has 1 atom stereocenters. The molecular weight excluding hydrogens is 278 g/mol. The normalized spacial score (nSPS) is 12.8. The Morgan fingerprint density at radius 2 is 1.95 bits per heavy atom. The Bertz CT molecular complexity index is 924. The van der Waals surface area contributed by atoms with Gasteiger partial charge in [-0.2, -0.15) is 0 Å². The van der Waals surface area contributed by atoms with Gasteiger partial charge in [-0.25, -0.2) is 0 Å². The number of aromatic nitrogens is 2. The minimum Gasteiger partial charge on any atom is -0.320 e. The van der Waals surface area contributed by atoms with E-state index in [0.29, 0.717) is 0 Å². The van der Waals surface area contributed by atoms with Crippen LogP contribution >= 0.6 is 11.3 Å². The molecule has 3 aromatic heterocycles. The molecule has 4 heteroatoms. The second kappa shape index (κ2) is 4.91. The Balaban J connectivity index is 1.87. The molecule has 1 aromatic carbocycles. The summed E-state index contributed by atoms with van der Waals surface area (Å²) in [5, 5.41) is 3.16. The van der Waals surface area contributed by atoms with Gasteiger partial charge in [0.2, 0.25) is 0 Å². The monoisotopic (exact) mass is 291 g/mol. The number of hydrogen-bond donors (Lipinski definition) is 1. The second-order valence-corrected chi connectivity index (χ2v) is 5.92. The van der Waals surface area contributed by atoms with Gasteiger partial charge in [0.05, 0.1) is 21.8 Å². The van der Waals surface area contributed by atoms with Crippen LogP contribution in [-0.2, 0) is 0 Å². The van der Waals surface area contributed by atoms with Gasteiger partial charge in [0.15, 0.2) is 0 Å². The zero-order chi connectivity index (χ0) is 14.2. The zero-order valence-corrected chi connectivity index (χ0v) is 12.0. The largest absolute Gasteiger partial charge is 0.320 e. The van der Waals surface area contributed by atoms with Crippen LogP contribution in [0.1, 0.15) is 17.2 Å². The molecule has 0 fully saturated rings. The minimum atomic E-state index is -0.220. The van der Waals surface area contributed by atoms with Crippen molar-refractivity contribution in [1.82, 2.24) is 9.97 Å². The number of benzene rings is 1. The minimum absolute atomic E-state index is 0.220. The van der Waals surface area contributed by atoms with Crippen molar-refractivity contribution in [2.24, 2.45) is 5.73 Å². The molecule has 4 rings (SSSR count). The number of para-hydroxylation sites is 1. The van der Waals surface area contributed by atoms with E-state index < -0.39 is 0 Å². The SMILES string of the molecule is NC(c1cnc2ccsc2c1)c1cccc2cccnc12. The molecular formula is C17H13N3S. The Labute approximate surface area is 126 Å². The molecule has 0 aliphatic rings. The molecule has 3 nitrogen and oxygen atoms in total. The lowest BCUT2D eigenvalue weighted by Crippen LogP contribution is -2.13. The number of nitrogens with zero attached hydrogens (tertiary/aromatic N) is 2. The van der Waals surface area contributed by atoms with E-state index in [1.165, 1.54) is 0 Å². The lowest BCUT2D eigenvalue weighted by Gasteiger charge is -2.14. The molecule has 0 saturated heterocycles. The fraction of sp³-hybridized carbons (Fsp3) is 0.0588. The van der Waals surface area contributed by atoms with Crippen LogP contribution in [0.3, 0.4) is 0 Å². The molecule has 1 unspecified atom stereocenters. The predicted molar refractivity (Wildman–Crippen MR) is 87.4 cm³/mol. The van der Waals surface area contributed by atoms with Gasteiger partial charge >= 0.3 is 0 Å². The number of pyridine rings is 2. The van der Waals surface area contributed by atoms with E-state index in [0.717, 1.165) is 32.2 Å². The highest BCUT2D eigenvalue weighted by atomic mass is 32.1. The molecule has 0 bridgehead atoms. The fourth-order valence-corrected chi connectivity index (χ4v) is 3.38. The average molecular weight is 291 g/mol. The van der Waals surface area contributed by atoms with E-state index in [1.54, 1.807) is 17.5 Å². The third kappa shape index (κ3) is 2.09. The maximum absolute atomic E-state index is 6.47. The maximum atomic E-state index is 6.47. The van der Waals surface area contributed by atoms with E-state index >= 15 is 0 Å². The predicted octanol–water partition coefficient (Wildman–Crippen LogP) is 3.89. The van der Waals surface area contributed by atoms with Crippen molar-refractivity contribution in [3.05, 3.63) is 71.4 Å². The van der Waals surface area contributed by atoms with Crippen LogP contribution < -0.4 is 5.73 Å². The molecule has 2 N–H and O–H groups in total. The van der Waals surface area contributed by atoms with Crippen molar-refractivity contribution in [2.75, 3.05) is 0 Å². The summed E-state index contributed by atoms with van der Waals surface area (Å²) in [6.07, 6.45) is 3.67. The number of hydrogen-bond acceptors (Lipinski definition) is 4. The van der Waals surface area contributed by atoms with Gasteiger partial charge in [-0.05, 0) is 34.7 Å². The van der Waals surface area contributed by atoms with Crippen LogP contribution in [0.4, 0.5) is 0 Å². The molecule has 3 heterocycles. The van der Waals surface area contributed by atoms with E-state index in [2.05, 4.69) is 28.2 Å². The van der Waals surface area contributed by atoms with E-state index in [9.17, 15) is 0 Å². The summed E-state index contributed by atoms with van der Waals surface area (Å²) < 4.78 is 1.16. The molecule has 0 aliphatic carbocycles. The van der Waals surface area contributed by atoms with Crippen molar-refractivity contribution in [1.29, 1.82) is 0 Å². The molecule has 0 aliphatic heterocycles. The molecule has 0 spiro atoms. The summed E-state index contributed by atoms with van der Waals surface area (Å²) >= 11 is 1.68. The molecule has 21 heavy (non-hydrogen) atoms. The Hall–Kier alpha value is -2.30. The quantitative estimate of drug-likeness (QED) is 0.609. The average Bonchev–Trinajstić information content (AvgIpc) is 3.01. The first-order valence-electron chi connectivity index (χ1n) is 6.75. The molecule has 4 aromatic rings. The van der Waals surface area contributed by atoms with Crippen molar-refractivity contribution < 1.29 is 0 Å². The highest BCUT2D eigenvalue weighted by Crippen LogP contribution is 2.28. The van der Waals surface area contributed by atoms with Gasteiger partial charge < -0.3 is 5.73 Å². The summed E-state index contributed by atoms with van der Waals surface area (Å²) in [4.78, 5) is 8.96. The third-order valence-corrected chi connectivity index (χ3v) is 4.54. The highest BCUT2D eigenvalue weighted by Gasteiger charge is 2.14. The van der Waals surface area contributed by atoms with Crippen molar-refractivity contribution in [3.63, 3.8) is 0 Å². The van der Waals surface area contributed by atoms with Crippen LogP contribution in [0.5, 0.6) is 0 Å². The van der Waals surface area contributed by atoms with Crippen LogP contribution in [0.25, 0.3) is 21.1 Å². The van der Waals surface area contributed by atoms with Gasteiger partial charge in [0.25, 0.3) is 0 Å². The maximum Gasteiger partial charge on any atom is 0.0809 e. The first-order chi connectivity index (χ1) is 10.3. The fourth-order valence-electron chi connectivity index (χ4n) is 2.59. The van der Waals surface area contributed by atoms with E-state index in [-0.39, 0.29) is 6.04 Å². The van der Waals surface area contributed by atoms with Gasteiger partial charge in [-0.15, -0.1) is 11.3 Å². The summed E-state index contributed by atoms with van der Waals surface area (Å²) in [5.74, 6) is 0. The lowest BCUT2D eigenvalue weighted by atomic mass is 9.98. The van der Waals surface area contributed by atoms with Crippen molar-refractivity contribution in [2.45, 2.75) is 6.04 Å². The van der Waals surface area contributed by atoms with Crippen molar-refractivity contribution in [3.8, 4) is 0 Å². The van der Waals surface area contributed by atoms with E-state index in [4.69, 9.17) is 5.73 Å². The first kappa shape index (κ1) is 12.4. The molecule has 0 saturated carbocycles. The number of nitrogens with two attached hydrogens (primary N) is 1. The molecule has 0 amide bonds. The Kier molecular flexibility index (Phi) is 2.91. The molecule has 102 valence electrons. The second-order valence-electron chi connectivity index (χ2n) is 4.97. The third-order valence-electron chi connectivity index (χ3n) is 3.68. The highest BCUT2D eigenvalue weighted by molar-refractivity contribution is 7.17. The standard InChI is InChI=1S/C17H13N3S/c18-16(12-9-15-14(20-10-12)6-8-21-15)13-5-1-3-11-4-2-7-19-17(11)13/h1-10,16H,18H2. The summed E-state index contributed by atoms with van der Waals surface area (Å²) in [6.45, 7) is 0. The topological polar surface area (TPSA) is 51.8 Å². The first-order valence-corrected chi connectivity index (χ1v) is 7.63. The van der Waals surface area contributed by atoms with Gasteiger partial charge in [-0.3, -0.25) is 9.97 Å². The van der Waals surface area contributed by atoms with Crippen LogP contribution in [0.15, 0.2) is 60.2 Å². The van der Waals surface area contributed by atoms with Crippen LogP contribution in [-0.4, -0.2) is 9.97 Å². The Morgan fingerprint density at radius 1 is 1.05 bits per heavy atom. The molecule has 0 radical (unpaired) electrons. The van der Waals surface area contributed by atoms with Gasteiger partial charge in [0, 0.05) is 17.8 Å². The number of fused-ring (bicyclic) bond motifs is 2. The van der Waals surface area contributed by atoms with E-state index in [1.807, 2.05) is 35.8 Å². The van der Waals surface area contributed by atoms with Gasteiger partial charge in [0.1, 0.15) is 0 Å². The number of thiophene rings is 1. The number of rotatable bonds is 2. The van der Waals surface area contributed by atoms with Crippen LogP contribution in [0.2, 0.25) is 0 Å². The summed E-state index contributed by atoms with van der Waals surface area (Å²) in [6, 6.07) is 14.0. The summed E-state index contributed by atoms with van der Waals surface area (Å²) in [5.41, 5.74) is 10.5. The van der Waals surface area contributed by atoms with Crippen LogP contribution in [0, 0.1) is 0 Å². The van der Waals surface area contributed by atoms with Gasteiger partial charge in [-0.1, -0.05) is 24.3 Å². The zero-order valence-electron chi connectivity index (χ0n) is 11.2. The van der Waals surface area contributed by atoms with Crippen molar-refractivity contribution >= 4 is 32.5 Å². The summed E-state index contributed by atoms with van der Waals surface area (Å²) in [7, 11) is 0. The Morgan fingerprint density at radius 3 is 2.90 bits per heavy atom. The smallest absolute Gasteiger partial charge is 0.0809 e.